The van der Waals surface area contributed by atoms with Gasteiger partial charge in [0.05, 0.1) is 34.3 Å². The topological polar surface area (TPSA) is 56.6 Å². The number of carbonyl (C=O) groups excluding carboxylic acids is 1. The molecule has 0 saturated carbocycles. The number of rotatable bonds is 4. The van der Waals surface area contributed by atoms with Crippen molar-refractivity contribution in [2.45, 2.75) is 71.2 Å². The van der Waals surface area contributed by atoms with Gasteiger partial charge in [0.2, 0.25) is 0 Å². The van der Waals surface area contributed by atoms with Gasteiger partial charge in [0.25, 0.3) is 0 Å². The summed E-state index contributed by atoms with van der Waals surface area (Å²) in [5, 5.41) is 0.596. The van der Waals surface area contributed by atoms with Gasteiger partial charge >= 0.3 is 7.12 Å². The predicted octanol–water partition coefficient (Wildman–Crippen LogP) is 5.42. The van der Waals surface area contributed by atoms with E-state index in [0.717, 1.165) is 40.6 Å². The smallest absolute Gasteiger partial charge is 0.399 e. The highest BCUT2D eigenvalue weighted by atomic mass is 35.5. The third kappa shape index (κ3) is 4.23. The molecule has 2 unspecified atom stereocenters. The van der Waals surface area contributed by atoms with Crippen LogP contribution < -0.4 is 5.46 Å². The van der Waals surface area contributed by atoms with Crippen LogP contribution >= 0.6 is 11.6 Å². The molecule has 6 nitrogen and oxygen atoms in total. The maximum Gasteiger partial charge on any atom is 0.494 e. The summed E-state index contributed by atoms with van der Waals surface area (Å²) in [6.07, 6.45) is 1.68. The molecule has 186 valence electrons. The summed E-state index contributed by atoms with van der Waals surface area (Å²) >= 11 is 6.65. The molecule has 0 aliphatic carbocycles. The fraction of sp³-hybridized carbons (Fsp3) is 0.481. The molecule has 2 atom stereocenters. The highest BCUT2D eigenvalue weighted by Gasteiger charge is 2.52. The predicted molar refractivity (Wildman–Crippen MR) is 143 cm³/mol. The van der Waals surface area contributed by atoms with Crippen molar-refractivity contribution in [2.24, 2.45) is 0 Å². The number of fused-ring (bicyclic) bond motifs is 3. The number of halogens is 1. The zero-order chi connectivity index (χ0) is 25.7. The van der Waals surface area contributed by atoms with Crippen LogP contribution in [0.25, 0.3) is 11.0 Å². The van der Waals surface area contributed by atoms with Crippen molar-refractivity contribution in [2.75, 3.05) is 14.1 Å². The second-order valence-corrected chi connectivity index (χ2v) is 10.7. The summed E-state index contributed by atoms with van der Waals surface area (Å²) in [5.41, 5.74) is 3.47. The zero-order valence-electron chi connectivity index (χ0n) is 21.9. The number of nitrogens with zero attached hydrogens (tertiary/aromatic N) is 3. The largest absolute Gasteiger partial charge is 0.494 e. The van der Waals surface area contributed by atoms with Gasteiger partial charge in [-0.05, 0) is 71.9 Å². The van der Waals surface area contributed by atoms with Crippen molar-refractivity contribution in [1.82, 2.24) is 14.5 Å². The Kier molecular flexibility index (Phi) is 6.92. The second kappa shape index (κ2) is 9.36. The SMILES string of the molecule is CC.CN(C)C1CC(c2c(Cl)cccc2C=O)n2c1nc1ccc(B3OC(C)(C)C(C)(C)O3)cc12. The van der Waals surface area contributed by atoms with Crippen LogP contribution in [0, 0.1) is 0 Å². The van der Waals surface area contributed by atoms with Crippen LogP contribution in [-0.4, -0.2) is 53.2 Å². The highest BCUT2D eigenvalue weighted by molar-refractivity contribution is 6.62. The van der Waals surface area contributed by atoms with E-state index in [2.05, 4.69) is 57.3 Å². The first-order valence-electron chi connectivity index (χ1n) is 12.3. The number of hydrogen-bond acceptors (Lipinski definition) is 5. The van der Waals surface area contributed by atoms with Gasteiger partial charge in [0.1, 0.15) is 12.1 Å². The van der Waals surface area contributed by atoms with Crippen LogP contribution in [0.1, 0.15) is 81.8 Å². The van der Waals surface area contributed by atoms with Crippen LogP contribution in [0.4, 0.5) is 0 Å². The molecule has 3 heterocycles. The molecule has 0 spiro atoms. The molecule has 0 bridgehead atoms. The second-order valence-electron chi connectivity index (χ2n) is 10.3. The lowest BCUT2D eigenvalue weighted by atomic mass is 9.79. The van der Waals surface area contributed by atoms with Crippen LogP contribution in [0.15, 0.2) is 36.4 Å². The van der Waals surface area contributed by atoms with Crippen molar-refractivity contribution in [1.29, 1.82) is 0 Å². The third-order valence-corrected chi connectivity index (χ3v) is 7.82. The van der Waals surface area contributed by atoms with Crippen molar-refractivity contribution < 1.29 is 14.1 Å². The summed E-state index contributed by atoms with van der Waals surface area (Å²) in [5.74, 6) is 0.975. The normalized spacial score (nSPS) is 22.3. The Balaban J connectivity index is 0.00000141. The maximum atomic E-state index is 11.9. The number of carbonyl (C=O) groups is 1. The molecule has 0 radical (unpaired) electrons. The van der Waals surface area contributed by atoms with Crippen molar-refractivity contribution in [3.63, 3.8) is 0 Å². The molecule has 2 aliphatic heterocycles. The van der Waals surface area contributed by atoms with Crippen molar-refractivity contribution in [3.05, 3.63) is 58.4 Å². The summed E-state index contributed by atoms with van der Waals surface area (Å²) in [6, 6.07) is 11.7. The van der Waals surface area contributed by atoms with Gasteiger partial charge in [-0.1, -0.05) is 43.6 Å². The van der Waals surface area contributed by atoms with Crippen molar-refractivity contribution >= 4 is 41.5 Å². The molecule has 0 N–H and O–H groups in total. The number of benzene rings is 2. The van der Waals surface area contributed by atoms with E-state index in [1.54, 1.807) is 0 Å². The summed E-state index contributed by atoms with van der Waals surface area (Å²) in [4.78, 5) is 19.0. The van der Waals surface area contributed by atoms with Gasteiger partial charge < -0.3 is 13.9 Å². The monoisotopic (exact) mass is 495 g/mol. The van der Waals surface area contributed by atoms with Crippen LogP contribution in [-0.2, 0) is 9.31 Å². The Morgan fingerprint density at radius 2 is 1.77 bits per heavy atom. The lowest BCUT2D eigenvalue weighted by Gasteiger charge is -2.32. The van der Waals surface area contributed by atoms with E-state index in [1.165, 1.54) is 0 Å². The fourth-order valence-electron chi connectivity index (χ4n) is 4.94. The first-order chi connectivity index (χ1) is 16.5. The molecule has 3 aromatic rings. The molecular formula is C27H35BClN3O3. The quantitative estimate of drug-likeness (QED) is 0.357. The Labute approximate surface area is 213 Å². The van der Waals surface area contributed by atoms with E-state index >= 15 is 0 Å². The van der Waals surface area contributed by atoms with Gasteiger partial charge in [0.15, 0.2) is 0 Å². The zero-order valence-corrected chi connectivity index (χ0v) is 22.7. The van der Waals surface area contributed by atoms with E-state index in [1.807, 2.05) is 44.2 Å². The molecule has 1 aromatic heterocycles. The lowest BCUT2D eigenvalue weighted by Crippen LogP contribution is -2.41. The van der Waals surface area contributed by atoms with E-state index in [9.17, 15) is 4.79 Å². The lowest BCUT2D eigenvalue weighted by molar-refractivity contribution is 0.00578. The van der Waals surface area contributed by atoms with Gasteiger partial charge in [-0.3, -0.25) is 9.69 Å². The van der Waals surface area contributed by atoms with E-state index in [4.69, 9.17) is 25.9 Å². The van der Waals surface area contributed by atoms with Gasteiger partial charge in [-0.2, -0.15) is 0 Å². The van der Waals surface area contributed by atoms with Crippen LogP contribution in [0.2, 0.25) is 5.02 Å². The number of aldehydes is 1. The molecule has 35 heavy (non-hydrogen) atoms. The molecule has 0 amide bonds. The Hall–Kier alpha value is -2.19. The minimum atomic E-state index is -0.458. The van der Waals surface area contributed by atoms with Gasteiger partial charge in [-0.15, -0.1) is 0 Å². The number of aromatic nitrogens is 2. The number of hydrogen-bond donors (Lipinski definition) is 0. The molecule has 1 fully saturated rings. The maximum absolute atomic E-state index is 11.9. The molecular weight excluding hydrogens is 461 g/mol. The molecule has 1 saturated heterocycles. The third-order valence-electron chi connectivity index (χ3n) is 7.49. The first-order valence-corrected chi connectivity index (χ1v) is 12.7. The fourth-order valence-corrected chi connectivity index (χ4v) is 5.24. The van der Waals surface area contributed by atoms with E-state index < -0.39 is 18.3 Å². The Bertz CT molecular complexity index is 1240. The minimum Gasteiger partial charge on any atom is -0.399 e. The van der Waals surface area contributed by atoms with E-state index in [0.29, 0.717) is 10.6 Å². The molecule has 2 aromatic carbocycles. The summed E-state index contributed by atoms with van der Waals surface area (Å²) < 4.78 is 14.8. The van der Waals surface area contributed by atoms with Crippen LogP contribution in [0.5, 0.6) is 0 Å². The van der Waals surface area contributed by atoms with Crippen LogP contribution in [0.3, 0.4) is 0 Å². The Morgan fingerprint density at radius 3 is 2.37 bits per heavy atom. The first kappa shape index (κ1) is 25.9. The van der Waals surface area contributed by atoms with E-state index in [-0.39, 0.29) is 12.1 Å². The van der Waals surface area contributed by atoms with Gasteiger partial charge in [-0.25, -0.2) is 4.98 Å². The molecule has 8 heteroatoms. The Morgan fingerprint density at radius 1 is 1.11 bits per heavy atom. The molecule has 2 aliphatic rings. The minimum absolute atomic E-state index is 0.0974. The average molecular weight is 496 g/mol. The summed E-state index contributed by atoms with van der Waals surface area (Å²) in [6.45, 7) is 12.2. The summed E-state index contributed by atoms with van der Waals surface area (Å²) in [7, 11) is 3.65. The standard InChI is InChI=1S/C25H29BClN3O3.C2H6/c1-24(2)25(3,4)33-26(32-24)16-10-11-18-19(12-16)30-20(13-21(29(5)6)23(30)28-18)22-15(14-31)8-7-9-17(22)27;1-2/h7-12,14,20-21H,13H2,1-6H3;1-2H3. The van der Waals surface area contributed by atoms with Crippen molar-refractivity contribution in [3.8, 4) is 0 Å². The average Bonchev–Trinajstić information content (AvgIpc) is 3.42. The number of imidazole rings is 1. The highest BCUT2D eigenvalue weighted by Crippen LogP contribution is 2.45. The van der Waals surface area contributed by atoms with Gasteiger partial charge in [0, 0.05) is 16.1 Å². The molecule has 5 rings (SSSR count).